The Hall–Kier alpha value is -2.25. The summed E-state index contributed by atoms with van der Waals surface area (Å²) >= 11 is 1.44. The van der Waals surface area contributed by atoms with Crippen LogP contribution in [0.3, 0.4) is 0 Å². The Morgan fingerprint density at radius 3 is 2.28 bits per heavy atom. The molecule has 0 radical (unpaired) electrons. The Labute approximate surface area is 177 Å². The summed E-state index contributed by atoms with van der Waals surface area (Å²) in [6, 6.07) is 7.06. The van der Waals surface area contributed by atoms with Crippen molar-refractivity contribution in [3.8, 4) is 0 Å². The van der Waals surface area contributed by atoms with Crippen molar-refractivity contribution < 1.29 is 9.59 Å². The molecule has 0 atom stereocenters. The lowest BCUT2D eigenvalue weighted by Crippen LogP contribution is -2.18. The predicted octanol–water partition coefficient (Wildman–Crippen LogP) is 5.03. The Morgan fingerprint density at radius 2 is 1.62 bits per heavy atom. The first-order chi connectivity index (χ1) is 14.0. The minimum absolute atomic E-state index is 0.0608. The van der Waals surface area contributed by atoms with E-state index >= 15 is 0 Å². The van der Waals surface area contributed by atoms with Crippen LogP contribution in [0, 0.1) is 13.8 Å². The summed E-state index contributed by atoms with van der Waals surface area (Å²) in [4.78, 5) is 30.4. The van der Waals surface area contributed by atoms with Gasteiger partial charge in [-0.2, -0.15) is 0 Å². The molecule has 0 unspecified atom stereocenters. The van der Waals surface area contributed by atoms with Crippen molar-refractivity contribution in [3.05, 3.63) is 40.4 Å². The van der Waals surface area contributed by atoms with Crippen LogP contribution in [-0.2, 0) is 4.79 Å². The monoisotopic (exact) mass is 416 g/mol. The lowest BCUT2D eigenvalue weighted by atomic mass is 10.1. The minimum atomic E-state index is -0.271. The zero-order valence-electron chi connectivity index (χ0n) is 17.4. The van der Waals surface area contributed by atoms with Gasteiger partial charge in [0.15, 0.2) is 5.13 Å². The highest BCUT2D eigenvalue weighted by Gasteiger charge is 2.15. The number of nitrogens with one attached hydrogen (secondary N) is 2. The van der Waals surface area contributed by atoms with Crippen LogP contribution in [0.1, 0.15) is 72.3 Å². The average molecular weight is 417 g/mol. The fourth-order valence-electron chi connectivity index (χ4n) is 3.01. The highest BCUT2D eigenvalue weighted by Crippen LogP contribution is 2.23. The van der Waals surface area contributed by atoms with E-state index in [1.54, 1.807) is 18.2 Å². The number of benzene rings is 1. The Bertz CT molecular complexity index is 784. The molecule has 6 nitrogen and oxygen atoms in total. The molecule has 158 valence electrons. The van der Waals surface area contributed by atoms with Crippen molar-refractivity contribution >= 4 is 34.0 Å². The SMILES string of the molecule is Cc1nc(NC(=O)c2ccccc2NC(=O)CCCCCCCCCN)sc1C. The molecule has 0 spiro atoms. The van der Waals surface area contributed by atoms with E-state index in [0.717, 1.165) is 42.8 Å². The van der Waals surface area contributed by atoms with Crippen LogP contribution in [-0.4, -0.2) is 23.3 Å². The van der Waals surface area contributed by atoms with Crippen LogP contribution in [0.25, 0.3) is 0 Å². The second-order valence-corrected chi connectivity index (χ2v) is 8.43. The van der Waals surface area contributed by atoms with E-state index in [1.165, 1.54) is 30.6 Å². The number of carbonyl (C=O) groups is 2. The maximum atomic E-state index is 12.6. The zero-order valence-corrected chi connectivity index (χ0v) is 18.2. The number of nitrogens with zero attached hydrogens (tertiary/aromatic N) is 1. The van der Waals surface area contributed by atoms with E-state index in [-0.39, 0.29) is 11.8 Å². The highest BCUT2D eigenvalue weighted by molar-refractivity contribution is 7.15. The summed E-state index contributed by atoms with van der Waals surface area (Å²) in [6.45, 7) is 4.65. The zero-order chi connectivity index (χ0) is 21.1. The average Bonchev–Trinajstić information content (AvgIpc) is 3.01. The van der Waals surface area contributed by atoms with E-state index < -0.39 is 0 Å². The number of carbonyl (C=O) groups excluding carboxylic acids is 2. The molecule has 29 heavy (non-hydrogen) atoms. The molecule has 4 N–H and O–H groups in total. The van der Waals surface area contributed by atoms with E-state index in [0.29, 0.717) is 22.8 Å². The minimum Gasteiger partial charge on any atom is -0.330 e. The second-order valence-electron chi connectivity index (χ2n) is 7.22. The number of unbranched alkanes of at least 4 members (excludes halogenated alkanes) is 6. The van der Waals surface area contributed by atoms with Crippen molar-refractivity contribution in [1.29, 1.82) is 0 Å². The van der Waals surface area contributed by atoms with E-state index in [1.807, 2.05) is 19.9 Å². The maximum Gasteiger partial charge on any atom is 0.259 e. The molecule has 0 saturated heterocycles. The summed E-state index contributed by atoms with van der Waals surface area (Å²) in [5.41, 5.74) is 7.36. The molecule has 0 fully saturated rings. The van der Waals surface area contributed by atoms with Gasteiger partial charge in [-0.1, -0.05) is 44.2 Å². The molecule has 0 bridgehead atoms. The molecule has 1 heterocycles. The Morgan fingerprint density at radius 1 is 0.966 bits per heavy atom. The van der Waals surface area contributed by atoms with Gasteiger partial charge in [0.1, 0.15) is 0 Å². The maximum absolute atomic E-state index is 12.6. The molecule has 0 aliphatic heterocycles. The van der Waals surface area contributed by atoms with Crippen LogP contribution in [0.15, 0.2) is 24.3 Å². The molecular formula is C22H32N4O2S. The molecule has 7 heteroatoms. The van der Waals surface area contributed by atoms with E-state index in [4.69, 9.17) is 5.73 Å². The number of anilines is 2. The number of para-hydroxylation sites is 1. The predicted molar refractivity (Wildman–Crippen MR) is 121 cm³/mol. The largest absolute Gasteiger partial charge is 0.330 e. The first kappa shape index (κ1) is 23.0. The van der Waals surface area contributed by atoms with Gasteiger partial charge in [0.05, 0.1) is 16.9 Å². The molecule has 0 saturated carbocycles. The van der Waals surface area contributed by atoms with Gasteiger partial charge in [-0.15, -0.1) is 11.3 Å². The van der Waals surface area contributed by atoms with Gasteiger partial charge < -0.3 is 11.1 Å². The number of nitrogens with two attached hydrogens (primary N) is 1. The number of thiazole rings is 1. The fourth-order valence-corrected chi connectivity index (χ4v) is 3.82. The van der Waals surface area contributed by atoms with Gasteiger partial charge in [-0.3, -0.25) is 14.9 Å². The van der Waals surface area contributed by atoms with Crippen LogP contribution in [0.2, 0.25) is 0 Å². The van der Waals surface area contributed by atoms with Crippen molar-refractivity contribution in [2.24, 2.45) is 5.73 Å². The summed E-state index contributed by atoms with van der Waals surface area (Å²) in [5, 5.41) is 6.27. The normalized spacial score (nSPS) is 10.7. The van der Waals surface area contributed by atoms with Gasteiger partial charge in [0, 0.05) is 11.3 Å². The molecule has 2 amide bonds. The molecule has 2 rings (SSSR count). The molecular weight excluding hydrogens is 384 g/mol. The Kier molecular flexibility index (Phi) is 9.80. The molecule has 1 aromatic carbocycles. The number of hydrogen-bond donors (Lipinski definition) is 3. The van der Waals surface area contributed by atoms with Crippen molar-refractivity contribution in [2.45, 2.75) is 65.2 Å². The first-order valence-electron chi connectivity index (χ1n) is 10.4. The van der Waals surface area contributed by atoms with Crippen molar-refractivity contribution in [1.82, 2.24) is 4.98 Å². The van der Waals surface area contributed by atoms with Gasteiger partial charge in [-0.25, -0.2) is 4.98 Å². The summed E-state index contributed by atoms with van der Waals surface area (Å²) < 4.78 is 0. The molecule has 0 aliphatic carbocycles. The van der Waals surface area contributed by atoms with Gasteiger partial charge in [0.2, 0.25) is 5.91 Å². The van der Waals surface area contributed by atoms with Crippen molar-refractivity contribution in [2.75, 3.05) is 17.2 Å². The second kappa shape index (κ2) is 12.3. The Balaban J connectivity index is 1.80. The highest BCUT2D eigenvalue weighted by atomic mass is 32.1. The van der Waals surface area contributed by atoms with Crippen molar-refractivity contribution in [3.63, 3.8) is 0 Å². The first-order valence-corrected chi connectivity index (χ1v) is 11.2. The van der Waals surface area contributed by atoms with Crippen LogP contribution in [0.5, 0.6) is 0 Å². The number of hydrogen-bond acceptors (Lipinski definition) is 5. The van der Waals surface area contributed by atoms with Gasteiger partial charge >= 0.3 is 0 Å². The number of aromatic nitrogens is 1. The lowest BCUT2D eigenvalue weighted by Gasteiger charge is -2.10. The third kappa shape index (κ3) is 7.95. The third-order valence-electron chi connectivity index (χ3n) is 4.80. The fraction of sp³-hybridized carbons (Fsp3) is 0.500. The smallest absolute Gasteiger partial charge is 0.259 e. The number of rotatable bonds is 12. The van der Waals surface area contributed by atoms with Crippen LogP contribution in [0.4, 0.5) is 10.8 Å². The summed E-state index contributed by atoms with van der Waals surface area (Å²) in [6.07, 6.45) is 8.19. The molecule has 2 aromatic rings. The quantitative estimate of drug-likeness (QED) is 0.423. The summed E-state index contributed by atoms with van der Waals surface area (Å²) in [7, 11) is 0. The molecule has 1 aromatic heterocycles. The number of amides is 2. The van der Waals surface area contributed by atoms with Crippen LogP contribution < -0.4 is 16.4 Å². The molecule has 0 aliphatic rings. The standard InChI is InChI=1S/C22H32N4O2S/c1-16-17(2)29-22(24-16)26-21(28)18-12-9-10-13-19(18)25-20(27)14-8-6-4-3-5-7-11-15-23/h9-10,12-13H,3-8,11,14-15,23H2,1-2H3,(H,25,27)(H,24,26,28). The van der Waals surface area contributed by atoms with Gasteiger partial charge in [0.25, 0.3) is 5.91 Å². The topological polar surface area (TPSA) is 97.1 Å². The summed E-state index contributed by atoms with van der Waals surface area (Å²) in [5.74, 6) is -0.332. The van der Waals surface area contributed by atoms with Gasteiger partial charge in [-0.05, 0) is 45.4 Å². The lowest BCUT2D eigenvalue weighted by molar-refractivity contribution is -0.116. The third-order valence-corrected chi connectivity index (χ3v) is 5.79. The number of aryl methyl sites for hydroxylation is 2. The van der Waals surface area contributed by atoms with E-state index in [2.05, 4.69) is 15.6 Å². The van der Waals surface area contributed by atoms with Crippen LogP contribution >= 0.6 is 11.3 Å². The van der Waals surface area contributed by atoms with E-state index in [9.17, 15) is 9.59 Å².